The predicted molar refractivity (Wildman–Crippen MR) is 144 cm³/mol. The number of benzene rings is 1. The third-order valence-corrected chi connectivity index (χ3v) is 8.15. The minimum atomic E-state index is -3.89. The van der Waals surface area contributed by atoms with E-state index in [1.54, 1.807) is 17.5 Å². The molecule has 0 aliphatic heterocycles. The van der Waals surface area contributed by atoms with Crippen LogP contribution in [0, 0.1) is 6.92 Å². The summed E-state index contributed by atoms with van der Waals surface area (Å²) < 4.78 is 35.5. The SMILES string of the molecule is CCCCCCc1nc(C)c2c(=O)[nH]c(-c3cc(S(=O)(=O)N(CCO)CCCC)ccc3OCC)nn12. The molecule has 0 aliphatic carbocycles. The van der Waals surface area contributed by atoms with Gasteiger partial charge in [-0.3, -0.25) is 4.79 Å². The van der Waals surface area contributed by atoms with Crippen molar-refractivity contribution in [1.82, 2.24) is 23.9 Å². The molecule has 0 radical (unpaired) electrons. The van der Waals surface area contributed by atoms with Gasteiger partial charge in [0.25, 0.3) is 5.56 Å². The summed E-state index contributed by atoms with van der Waals surface area (Å²) in [6.45, 7) is 8.12. The summed E-state index contributed by atoms with van der Waals surface area (Å²) in [7, 11) is -3.89. The van der Waals surface area contributed by atoms with Crippen molar-refractivity contribution in [1.29, 1.82) is 0 Å². The van der Waals surface area contributed by atoms with Crippen LogP contribution in [0.4, 0.5) is 0 Å². The fourth-order valence-corrected chi connectivity index (χ4v) is 5.81. The number of nitrogens with one attached hydrogen (secondary N) is 1. The van der Waals surface area contributed by atoms with E-state index >= 15 is 0 Å². The molecule has 2 heterocycles. The number of imidazole rings is 1. The lowest BCUT2D eigenvalue weighted by molar-refractivity contribution is 0.252. The van der Waals surface area contributed by atoms with Gasteiger partial charge in [-0.05, 0) is 44.9 Å². The van der Waals surface area contributed by atoms with Gasteiger partial charge in [-0.25, -0.2) is 17.9 Å². The summed E-state index contributed by atoms with van der Waals surface area (Å²) in [4.78, 5) is 20.5. The zero-order valence-electron chi connectivity index (χ0n) is 22.3. The Morgan fingerprint density at radius 2 is 1.84 bits per heavy atom. The van der Waals surface area contributed by atoms with Gasteiger partial charge in [0.15, 0.2) is 11.3 Å². The van der Waals surface area contributed by atoms with Crippen LogP contribution in [0.2, 0.25) is 0 Å². The highest BCUT2D eigenvalue weighted by Crippen LogP contribution is 2.31. The van der Waals surface area contributed by atoms with E-state index in [0.29, 0.717) is 54.3 Å². The van der Waals surface area contributed by atoms with Gasteiger partial charge in [0.1, 0.15) is 11.6 Å². The number of aryl methyl sites for hydroxylation is 2. The first kappa shape index (κ1) is 28.8. The molecule has 0 unspecified atom stereocenters. The van der Waals surface area contributed by atoms with Gasteiger partial charge in [-0.1, -0.05) is 39.5 Å². The van der Waals surface area contributed by atoms with E-state index in [9.17, 15) is 18.3 Å². The van der Waals surface area contributed by atoms with Crippen molar-refractivity contribution in [2.45, 2.75) is 77.5 Å². The fourth-order valence-electron chi connectivity index (χ4n) is 4.31. The number of aliphatic hydroxyl groups excluding tert-OH is 1. The summed E-state index contributed by atoms with van der Waals surface area (Å²) in [5.74, 6) is 1.31. The van der Waals surface area contributed by atoms with Crippen molar-refractivity contribution in [3.8, 4) is 17.1 Å². The average molecular weight is 534 g/mol. The Balaban J connectivity index is 2.12. The summed E-state index contributed by atoms with van der Waals surface area (Å²) >= 11 is 0. The smallest absolute Gasteiger partial charge is 0.277 e. The Bertz CT molecular complexity index is 1350. The summed E-state index contributed by atoms with van der Waals surface area (Å²) in [5.41, 5.74) is 0.993. The number of nitrogens with zero attached hydrogens (tertiary/aromatic N) is 4. The van der Waals surface area contributed by atoms with Crippen molar-refractivity contribution in [2.75, 3.05) is 26.3 Å². The average Bonchev–Trinajstić information content (AvgIpc) is 3.20. The van der Waals surface area contributed by atoms with Crippen LogP contribution in [-0.4, -0.2) is 63.7 Å². The second kappa shape index (κ2) is 13.2. The van der Waals surface area contributed by atoms with Crippen LogP contribution < -0.4 is 10.3 Å². The number of hydrogen-bond donors (Lipinski definition) is 2. The van der Waals surface area contributed by atoms with Crippen molar-refractivity contribution in [3.05, 3.63) is 40.1 Å². The Labute approximate surface area is 218 Å². The van der Waals surface area contributed by atoms with E-state index in [4.69, 9.17) is 9.84 Å². The molecule has 3 aromatic rings. The minimum Gasteiger partial charge on any atom is -0.493 e. The molecule has 0 saturated heterocycles. The Morgan fingerprint density at radius 3 is 2.51 bits per heavy atom. The monoisotopic (exact) mass is 533 g/mol. The zero-order valence-corrected chi connectivity index (χ0v) is 23.1. The molecule has 2 N–H and O–H groups in total. The normalized spacial score (nSPS) is 12.1. The van der Waals surface area contributed by atoms with Crippen LogP contribution in [0.5, 0.6) is 5.75 Å². The van der Waals surface area contributed by atoms with Crippen molar-refractivity contribution in [2.24, 2.45) is 0 Å². The number of hydrogen-bond acceptors (Lipinski definition) is 7. The van der Waals surface area contributed by atoms with Gasteiger partial charge < -0.3 is 14.8 Å². The highest BCUT2D eigenvalue weighted by atomic mass is 32.2. The molecule has 204 valence electrons. The molecule has 2 aromatic heterocycles. The van der Waals surface area contributed by atoms with Crippen LogP contribution >= 0.6 is 0 Å². The molecule has 0 aliphatic rings. The van der Waals surface area contributed by atoms with E-state index in [-0.39, 0.29) is 29.4 Å². The Morgan fingerprint density at radius 1 is 1.08 bits per heavy atom. The van der Waals surface area contributed by atoms with Gasteiger partial charge in [0, 0.05) is 19.5 Å². The molecule has 3 rings (SSSR count). The minimum absolute atomic E-state index is 0.00161. The van der Waals surface area contributed by atoms with E-state index in [2.05, 4.69) is 16.9 Å². The number of ether oxygens (including phenoxy) is 1. The van der Waals surface area contributed by atoms with Crippen molar-refractivity contribution in [3.63, 3.8) is 0 Å². The molecule has 37 heavy (non-hydrogen) atoms. The van der Waals surface area contributed by atoms with Gasteiger partial charge in [-0.2, -0.15) is 4.31 Å². The van der Waals surface area contributed by atoms with Crippen molar-refractivity contribution < 1.29 is 18.3 Å². The fraction of sp³-hybridized carbons (Fsp3) is 0.577. The first-order chi connectivity index (χ1) is 17.8. The highest BCUT2D eigenvalue weighted by molar-refractivity contribution is 7.89. The van der Waals surface area contributed by atoms with E-state index in [1.165, 1.54) is 16.4 Å². The molecule has 0 amide bonds. The first-order valence-corrected chi connectivity index (χ1v) is 14.6. The number of aromatic amines is 1. The van der Waals surface area contributed by atoms with Gasteiger partial charge in [0.05, 0.1) is 29.4 Å². The maximum Gasteiger partial charge on any atom is 0.277 e. The van der Waals surface area contributed by atoms with E-state index in [1.807, 2.05) is 13.8 Å². The number of unbranched alkanes of at least 4 members (excludes halogenated alkanes) is 4. The lowest BCUT2D eigenvalue weighted by Gasteiger charge is -2.22. The molecular formula is C26H39N5O5S. The lowest BCUT2D eigenvalue weighted by atomic mass is 10.1. The molecule has 0 spiro atoms. The number of fused-ring (bicyclic) bond motifs is 1. The molecule has 1 aromatic carbocycles. The molecule has 10 nitrogen and oxygen atoms in total. The lowest BCUT2D eigenvalue weighted by Crippen LogP contribution is -2.34. The molecule has 0 bridgehead atoms. The standard InChI is InChI=1S/C26H39N5O5S/c1-5-8-10-11-12-23-27-19(4)24-26(33)28-25(29-31(23)24)21-18-20(13-14-22(21)36-7-3)37(34,35)30(16-17-32)15-9-6-2/h13-14,18,32H,5-12,15-17H2,1-4H3,(H,28,29,33). The van der Waals surface area contributed by atoms with Gasteiger partial charge >= 0.3 is 0 Å². The topological polar surface area (TPSA) is 130 Å². The van der Waals surface area contributed by atoms with Crippen LogP contribution in [0.25, 0.3) is 16.9 Å². The number of aliphatic hydroxyl groups is 1. The number of H-pyrrole nitrogens is 1. The molecule has 0 atom stereocenters. The predicted octanol–water partition coefficient (Wildman–Crippen LogP) is 3.70. The molecule has 0 fully saturated rings. The van der Waals surface area contributed by atoms with Crippen LogP contribution in [0.15, 0.2) is 27.9 Å². The summed E-state index contributed by atoms with van der Waals surface area (Å²) in [6.07, 6.45) is 6.44. The van der Waals surface area contributed by atoms with E-state index in [0.717, 1.165) is 32.1 Å². The summed E-state index contributed by atoms with van der Waals surface area (Å²) in [6, 6.07) is 4.54. The van der Waals surface area contributed by atoms with Crippen molar-refractivity contribution >= 4 is 15.5 Å². The quantitative estimate of drug-likeness (QED) is 0.285. The Hall–Kier alpha value is -2.76. The summed E-state index contributed by atoms with van der Waals surface area (Å²) in [5, 5.41) is 14.2. The Kier molecular flexibility index (Phi) is 10.2. The molecule has 11 heteroatoms. The van der Waals surface area contributed by atoms with Crippen LogP contribution in [0.1, 0.15) is 70.8 Å². The largest absolute Gasteiger partial charge is 0.493 e. The van der Waals surface area contributed by atoms with Crippen LogP contribution in [0.3, 0.4) is 0 Å². The number of aromatic nitrogens is 4. The maximum atomic E-state index is 13.5. The first-order valence-electron chi connectivity index (χ1n) is 13.1. The molecule has 0 saturated carbocycles. The third kappa shape index (κ3) is 6.58. The third-order valence-electron chi connectivity index (χ3n) is 6.25. The zero-order chi connectivity index (χ0) is 27.0. The maximum absolute atomic E-state index is 13.5. The second-order valence-corrected chi connectivity index (χ2v) is 11.0. The number of sulfonamides is 1. The van der Waals surface area contributed by atoms with Crippen LogP contribution in [-0.2, 0) is 16.4 Å². The highest BCUT2D eigenvalue weighted by Gasteiger charge is 2.26. The molecular weight excluding hydrogens is 494 g/mol. The van der Waals surface area contributed by atoms with E-state index < -0.39 is 10.0 Å². The van der Waals surface area contributed by atoms with Gasteiger partial charge in [0.2, 0.25) is 10.0 Å². The number of rotatable bonds is 15. The van der Waals surface area contributed by atoms with Gasteiger partial charge in [-0.15, -0.1) is 5.10 Å². The second-order valence-electron chi connectivity index (χ2n) is 9.06.